The summed E-state index contributed by atoms with van der Waals surface area (Å²) in [6.07, 6.45) is -0.648. The summed E-state index contributed by atoms with van der Waals surface area (Å²) in [5.74, 6) is 0.449. The highest BCUT2D eigenvalue weighted by molar-refractivity contribution is 6.69. The highest BCUT2D eigenvalue weighted by atomic mass is 35.5. The average molecular weight is 414 g/mol. The smallest absolute Gasteiger partial charge is 0.175 e. The molecule has 0 saturated carbocycles. The Morgan fingerprint density at radius 1 is 1.08 bits per heavy atom. The first kappa shape index (κ1) is 20.3. The maximum Gasteiger partial charge on any atom is 0.175 e. The number of oxime groups is 1. The van der Waals surface area contributed by atoms with E-state index in [1.807, 2.05) is 12.1 Å². The number of rotatable bonds is 3. The van der Waals surface area contributed by atoms with E-state index in [-0.39, 0.29) is 5.17 Å². The normalized spacial score (nSPS) is 12.3. The number of hydrogen-bond acceptors (Lipinski definition) is 5. The molecule has 3 rings (SSSR count). The Morgan fingerprint density at radius 3 is 2.27 bits per heavy atom. The first-order valence-electron chi connectivity index (χ1n) is 7.45. The Bertz CT molecular complexity index is 895. The van der Waals surface area contributed by atoms with Crippen LogP contribution in [0.4, 0.5) is 0 Å². The Balaban J connectivity index is 0.000000197. The van der Waals surface area contributed by atoms with Crippen molar-refractivity contribution in [3.63, 3.8) is 0 Å². The number of hydrogen-bond donors (Lipinski definition) is 2. The molecule has 2 N–H and O–H groups in total. The number of halogens is 3. The first-order chi connectivity index (χ1) is 12.4. The number of nitrogens with zero attached hydrogens (tertiary/aromatic N) is 2. The number of aliphatic hydroxyl groups excluding tert-OH is 1. The van der Waals surface area contributed by atoms with E-state index >= 15 is 0 Å². The summed E-state index contributed by atoms with van der Waals surface area (Å²) in [6.45, 7) is 1.63. The van der Waals surface area contributed by atoms with E-state index in [9.17, 15) is 5.11 Å². The van der Waals surface area contributed by atoms with Crippen molar-refractivity contribution < 1.29 is 14.8 Å². The molecule has 8 heteroatoms. The molecule has 1 heterocycles. The third-order valence-electron chi connectivity index (χ3n) is 3.21. The largest absolute Gasteiger partial charge is 0.410 e. The lowest BCUT2D eigenvalue weighted by Gasteiger charge is -1.95. The van der Waals surface area contributed by atoms with Gasteiger partial charge in [0.15, 0.2) is 10.9 Å². The fraction of sp³-hybridized carbons (Fsp3) is 0.111. The molecule has 1 aromatic heterocycles. The van der Waals surface area contributed by atoms with Crippen LogP contribution >= 0.6 is 34.8 Å². The van der Waals surface area contributed by atoms with Gasteiger partial charge in [-0.2, -0.15) is 0 Å². The number of benzene rings is 2. The topological polar surface area (TPSA) is 78.9 Å². The molecule has 0 radical (unpaired) electrons. The minimum Gasteiger partial charge on any atom is -0.410 e. The SMILES string of the molecule is CC(O)c1cc(-c2cccc(Cl)c2)no1.ON=C(Cl)c1cccc(Cl)c1. The lowest BCUT2D eigenvalue weighted by Crippen LogP contribution is -1.89. The second kappa shape index (κ2) is 9.59. The second-order valence-electron chi connectivity index (χ2n) is 5.20. The van der Waals surface area contributed by atoms with Gasteiger partial charge in [0, 0.05) is 27.2 Å². The molecule has 26 heavy (non-hydrogen) atoms. The molecule has 0 spiro atoms. The van der Waals surface area contributed by atoms with Gasteiger partial charge in [0.1, 0.15) is 11.8 Å². The van der Waals surface area contributed by atoms with E-state index in [2.05, 4.69) is 10.3 Å². The molecule has 0 aliphatic heterocycles. The van der Waals surface area contributed by atoms with E-state index < -0.39 is 6.10 Å². The van der Waals surface area contributed by atoms with Gasteiger partial charge in [-0.3, -0.25) is 0 Å². The van der Waals surface area contributed by atoms with Crippen molar-refractivity contribution in [2.75, 3.05) is 0 Å². The van der Waals surface area contributed by atoms with Gasteiger partial charge in [0.25, 0.3) is 0 Å². The fourth-order valence-corrected chi connectivity index (χ4v) is 2.44. The van der Waals surface area contributed by atoms with Crippen molar-refractivity contribution in [3.05, 3.63) is 76.0 Å². The Hall–Kier alpha value is -2.05. The Kier molecular flexibility index (Phi) is 7.48. The maximum atomic E-state index is 9.28. The average Bonchev–Trinajstić information content (AvgIpc) is 3.12. The highest BCUT2D eigenvalue weighted by Crippen LogP contribution is 2.24. The van der Waals surface area contributed by atoms with Crippen LogP contribution in [0.15, 0.2) is 64.3 Å². The van der Waals surface area contributed by atoms with Crippen LogP contribution in [-0.2, 0) is 0 Å². The molecule has 0 amide bonds. The van der Waals surface area contributed by atoms with Gasteiger partial charge in [0.05, 0.1) is 0 Å². The zero-order valence-corrected chi connectivity index (χ0v) is 15.9. The van der Waals surface area contributed by atoms with Crippen LogP contribution in [0.1, 0.15) is 24.4 Å². The van der Waals surface area contributed by atoms with Crippen LogP contribution in [0.3, 0.4) is 0 Å². The summed E-state index contributed by atoms with van der Waals surface area (Å²) >= 11 is 17.0. The van der Waals surface area contributed by atoms with Crippen LogP contribution in [0.5, 0.6) is 0 Å². The van der Waals surface area contributed by atoms with Crippen molar-refractivity contribution >= 4 is 40.0 Å². The molecular formula is C18H15Cl3N2O3. The van der Waals surface area contributed by atoms with Crippen molar-refractivity contribution in [1.29, 1.82) is 0 Å². The lowest BCUT2D eigenvalue weighted by molar-refractivity contribution is 0.158. The summed E-state index contributed by atoms with van der Waals surface area (Å²) in [7, 11) is 0. The minimum absolute atomic E-state index is 0.0347. The maximum absolute atomic E-state index is 9.28. The van der Waals surface area contributed by atoms with Crippen molar-refractivity contribution in [1.82, 2.24) is 5.16 Å². The van der Waals surface area contributed by atoms with Gasteiger partial charge in [0.2, 0.25) is 0 Å². The molecule has 1 atom stereocenters. The Morgan fingerprint density at radius 2 is 1.73 bits per heavy atom. The van der Waals surface area contributed by atoms with Crippen LogP contribution in [-0.4, -0.2) is 20.6 Å². The van der Waals surface area contributed by atoms with E-state index in [1.165, 1.54) is 0 Å². The minimum atomic E-state index is -0.648. The molecule has 136 valence electrons. The standard InChI is InChI=1S/C11H10ClNO2.C7H5Cl2NO/c1-7(14)11-6-10(13-15-11)8-3-2-4-9(12)5-8;8-6-3-1-2-5(4-6)7(9)10-11/h2-7,14H,1H3;1-4,11H. The van der Waals surface area contributed by atoms with Crippen molar-refractivity contribution in [3.8, 4) is 11.3 Å². The summed E-state index contributed by atoms with van der Waals surface area (Å²) in [5, 5.41) is 25.5. The second-order valence-corrected chi connectivity index (χ2v) is 6.43. The Labute approximate surface area is 165 Å². The van der Waals surface area contributed by atoms with E-state index in [4.69, 9.17) is 44.5 Å². The molecule has 0 bridgehead atoms. The molecule has 0 saturated heterocycles. The predicted octanol–water partition coefficient (Wildman–Crippen LogP) is 5.76. The highest BCUT2D eigenvalue weighted by Gasteiger charge is 2.10. The summed E-state index contributed by atoms with van der Waals surface area (Å²) in [4.78, 5) is 0. The van der Waals surface area contributed by atoms with Crippen LogP contribution in [0.25, 0.3) is 11.3 Å². The van der Waals surface area contributed by atoms with E-state index in [1.54, 1.807) is 49.4 Å². The number of aliphatic hydroxyl groups is 1. The molecule has 0 aliphatic carbocycles. The number of aromatic nitrogens is 1. The van der Waals surface area contributed by atoms with E-state index in [0.29, 0.717) is 27.1 Å². The fourth-order valence-electron chi connectivity index (χ4n) is 1.94. The molecule has 0 aliphatic rings. The van der Waals surface area contributed by atoms with Crippen LogP contribution in [0.2, 0.25) is 10.0 Å². The lowest BCUT2D eigenvalue weighted by atomic mass is 10.1. The monoisotopic (exact) mass is 412 g/mol. The molecule has 3 aromatic rings. The molecular weight excluding hydrogens is 399 g/mol. The first-order valence-corrected chi connectivity index (χ1v) is 8.58. The molecule has 1 unspecified atom stereocenters. The molecule has 0 fully saturated rings. The summed E-state index contributed by atoms with van der Waals surface area (Å²) in [5.41, 5.74) is 2.15. The van der Waals surface area contributed by atoms with Crippen molar-refractivity contribution in [2.45, 2.75) is 13.0 Å². The predicted molar refractivity (Wildman–Crippen MR) is 103 cm³/mol. The summed E-state index contributed by atoms with van der Waals surface area (Å²) in [6, 6.07) is 15.8. The van der Waals surface area contributed by atoms with Crippen LogP contribution in [0, 0.1) is 0 Å². The zero-order valence-electron chi connectivity index (χ0n) is 13.6. The van der Waals surface area contributed by atoms with E-state index in [0.717, 1.165) is 5.56 Å². The third kappa shape index (κ3) is 5.75. The molecule has 5 nitrogen and oxygen atoms in total. The van der Waals surface area contributed by atoms with Crippen LogP contribution < -0.4 is 0 Å². The summed E-state index contributed by atoms with van der Waals surface area (Å²) < 4.78 is 4.98. The van der Waals surface area contributed by atoms with Gasteiger partial charge in [-0.25, -0.2) is 0 Å². The van der Waals surface area contributed by atoms with Gasteiger partial charge >= 0.3 is 0 Å². The van der Waals surface area contributed by atoms with Gasteiger partial charge in [-0.05, 0) is 31.2 Å². The molecule has 2 aromatic carbocycles. The third-order valence-corrected chi connectivity index (χ3v) is 3.98. The quantitative estimate of drug-likeness (QED) is 0.325. The van der Waals surface area contributed by atoms with Crippen molar-refractivity contribution in [2.24, 2.45) is 5.16 Å². The van der Waals surface area contributed by atoms with Gasteiger partial charge in [-0.1, -0.05) is 69.4 Å². The van der Waals surface area contributed by atoms with Gasteiger partial charge < -0.3 is 14.8 Å². The zero-order chi connectivity index (χ0) is 19.1. The van der Waals surface area contributed by atoms with Gasteiger partial charge in [-0.15, -0.1) is 0 Å².